The van der Waals surface area contributed by atoms with Crippen LogP contribution in [0.2, 0.25) is 0 Å². The van der Waals surface area contributed by atoms with Crippen LogP contribution in [0, 0.1) is 0 Å². The Hall–Kier alpha value is -2.84. The lowest BCUT2D eigenvalue weighted by Crippen LogP contribution is -2.45. The summed E-state index contributed by atoms with van der Waals surface area (Å²) in [4.78, 5) is 27.1. The molecule has 0 unspecified atom stereocenters. The van der Waals surface area contributed by atoms with E-state index in [-0.39, 0.29) is 18.1 Å². The van der Waals surface area contributed by atoms with Crippen LogP contribution in [-0.2, 0) is 30.8 Å². The number of carbonyl (C=O) groups excluding carboxylic acids is 2. The van der Waals surface area contributed by atoms with E-state index in [0.717, 1.165) is 4.31 Å². The normalized spacial score (nSPS) is 12.8. The molecule has 148 valence electrons. The van der Waals surface area contributed by atoms with Gasteiger partial charge in [0.15, 0.2) is 5.03 Å². The number of allylic oxidation sites excluding steroid dienone is 1. The Morgan fingerprint density at radius 2 is 1.93 bits per heavy atom. The monoisotopic (exact) mass is 402 g/mol. The number of aldehydes is 1. The predicted octanol–water partition coefficient (Wildman–Crippen LogP) is 2.09. The van der Waals surface area contributed by atoms with Gasteiger partial charge in [0.25, 0.3) is 10.0 Å². The summed E-state index contributed by atoms with van der Waals surface area (Å²) >= 11 is 0. The SMILES string of the molecule is CCOC(=O)[C@H](Cc1ccccc1/C=C/C=O)N(C)S(=O)(=O)c1ccccn1. The molecule has 2 aromatic rings. The molecule has 0 saturated carbocycles. The maximum Gasteiger partial charge on any atom is 0.324 e. The molecule has 0 aliphatic rings. The molecule has 0 amide bonds. The topological polar surface area (TPSA) is 93.6 Å². The summed E-state index contributed by atoms with van der Waals surface area (Å²) in [5.74, 6) is -0.654. The van der Waals surface area contributed by atoms with E-state index >= 15 is 0 Å². The molecular weight excluding hydrogens is 380 g/mol. The Bertz CT molecular complexity index is 942. The summed E-state index contributed by atoms with van der Waals surface area (Å²) < 4.78 is 31.9. The molecule has 0 fully saturated rings. The second-order valence-corrected chi connectivity index (χ2v) is 7.80. The zero-order valence-electron chi connectivity index (χ0n) is 15.7. The predicted molar refractivity (Wildman–Crippen MR) is 105 cm³/mol. The van der Waals surface area contributed by atoms with E-state index in [4.69, 9.17) is 4.74 Å². The molecule has 7 nitrogen and oxygen atoms in total. The summed E-state index contributed by atoms with van der Waals surface area (Å²) in [6, 6.07) is 10.6. The molecule has 0 aliphatic heterocycles. The van der Waals surface area contributed by atoms with Crippen LogP contribution >= 0.6 is 0 Å². The van der Waals surface area contributed by atoms with Gasteiger partial charge in [-0.1, -0.05) is 36.4 Å². The van der Waals surface area contributed by atoms with Crippen LogP contribution in [0.5, 0.6) is 0 Å². The van der Waals surface area contributed by atoms with Crippen LogP contribution in [0.25, 0.3) is 6.08 Å². The van der Waals surface area contributed by atoms with Crippen molar-refractivity contribution in [2.75, 3.05) is 13.7 Å². The van der Waals surface area contributed by atoms with E-state index in [2.05, 4.69) is 4.98 Å². The van der Waals surface area contributed by atoms with Gasteiger partial charge in [-0.3, -0.25) is 9.59 Å². The van der Waals surface area contributed by atoms with Gasteiger partial charge in [0.1, 0.15) is 12.3 Å². The summed E-state index contributed by atoms with van der Waals surface area (Å²) in [6.07, 6.45) is 5.06. The fourth-order valence-corrected chi connectivity index (χ4v) is 3.88. The number of hydrogen-bond donors (Lipinski definition) is 0. The Morgan fingerprint density at radius 3 is 2.57 bits per heavy atom. The van der Waals surface area contributed by atoms with E-state index in [9.17, 15) is 18.0 Å². The van der Waals surface area contributed by atoms with Crippen LogP contribution in [-0.4, -0.2) is 49.7 Å². The van der Waals surface area contributed by atoms with E-state index in [1.54, 1.807) is 49.4 Å². The molecule has 1 heterocycles. The zero-order valence-corrected chi connectivity index (χ0v) is 16.5. The second kappa shape index (κ2) is 9.91. The molecule has 1 atom stereocenters. The number of nitrogens with zero attached hydrogens (tertiary/aromatic N) is 2. The number of likely N-dealkylation sites (N-methyl/N-ethyl adjacent to an activating group) is 1. The third kappa shape index (κ3) is 5.11. The minimum absolute atomic E-state index is 0.0841. The molecule has 0 bridgehead atoms. The van der Waals surface area contributed by atoms with Gasteiger partial charge < -0.3 is 4.74 Å². The van der Waals surface area contributed by atoms with Crippen molar-refractivity contribution in [2.45, 2.75) is 24.4 Å². The molecule has 28 heavy (non-hydrogen) atoms. The van der Waals surface area contributed by atoms with Crippen molar-refractivity contribution >= 4 is 28.4 Å². The lowest BCUT2D eigenvalue weighted by molar-refractivity contribution is -0.147. The van der Waals surface area contributed by atoms with Crippen LogP contribution in [0.15, 0.2) is 59.8 Å². The minimum atomic E-state index is -4.00. The van der Waals surface area contributed by atoms with Crippen LogP contribution in [0.4, 0.5) is 0 Å². The molecule has 1 aromatic carbocycles. The van der Waals surface area contributed by atoms with E-state index in [1.165, 1.54) is 25.4 Å². The van der Waals surface area contributed by atoms with Gasteiger partial charge in [0.05, 0.1) is 6.61 Å². The van der Waals surface area contributed by atoms with Gasteiger partial charge in [0.2, 0.25) is 0 Å². The van der Waals surface area contributed by atoms with Gasteiger partial charge >= 0.3 is 5.97 Å². The summed E-state index contributed by atoms with van der Waals surface area (Å²) in [5.41, 5.74) is 1.43. The van der Waals surface area contributed by atoms with Crippen molar-refractivity contribution in [3.05, 3.63) is 65.9 Å². The number of aromatic nitrogens is 1. The molecule has 0 spiro atoms. The summed E-state index contributed by atoms with van der Waals surface area (Å²) in [7, 11) is -2.68. The standard InChI is InChI=1S/C20H22N2O5S/c1-3-27-20(24)18(15-17-10-5-4-9-16(17)11-8-14-23)22(2)28(25,26)19-12-6-7-13-21-19/h4-14,18H,3,15H2,1-2H3/b11-8+/t18-/m0/s1. The number of ether oxygens (including phenoxy) is 1. The van der Waals surface area contributed by atoms with Crippen LogP contribution in [0.3, 0.4) is 0 Å². The van der Waals surface area contributed by atoms with Crippen LogP contribution < -0.4 is 0 Å². The van der Waals surface area contributed by atoms with Gasteiger partial charge in [-0.2, -0.15) is 4.31 Å². The Labute approximate surface area is 164 Å². The largest absolute Gasteiger partial charge is 0.465 e. The molecule has 1 aromatic heterocycles. The van der Waals surface area contributed by atoms with E-state index in [1.807, 2.05) is 0 Å². The van der Waals surface area contributed by atoms with Crippen molar-refractivity contribution in [1.82, 2.24) is 9.29 Å². The third-order valence-electron chi connectivity index (χ3n) is 4.10. The molecule has 0 aliphatic carbocycles. The molecule has 2 rings (SSSR count). The van der Waals surface area contributed by atoms with Crippen molar-refractivity contribution in [1.29, 1.82) is 0 Å². The Kier molecular flexibility index (Phi) is 7.60. The van der Waals surface area contributed by atoms with Gasteiger partial charge in [-0.15, -0.1) is 0 Å². The summed E-state index contributed by atoms with van der Waals surface area (Å²) in [5, 5.41) is -0.152. The summed E-state index contributed by atoms with van der Waals surface area (Å²) in [6.45, 7) is 1.78. The quantitative estimate of drug-likeness (QED) is 0.362. The van der Waals surface area contributed by atoms with Crippen LogP contribution in [0.1, 0.15) is 18.1 Å². The first kappa shape index (κ1) is 21.5. The average Bonchev–Trinajstić information content (AvgIpc) is 2.71. The first-order valence-corrected chi connectivity index (χ1v) is 10.1. The number of carbonyl (C=O) groups is 2. The van der Waals surface area contributed by atoms with Crippen molar-refractivity contribution in [2.24, 2.45) is 0 Å². The third-order valence-corrected chi connectivity index (χ3v) is 5.88. The van der Waals surface area contributed by atoms with Crippen molar-refractivity contribution in [3.8, 4) is 0 Å². The van der Waals surface area contributed by atoms with E-state index in [0.29, 0.717) is 17.4 Å². The molecule has 8 heteroatoms. The maximum atomic E-state index is 12.9. The smallest absolute Gasteiger partial charge is 0.324 e. The Balaban J connectivity index is 2.42. The second-order valence-electron chi connectivity index (χ2n) is 5.86. The number of rotatable bonds is 9. The minimum Gasteiger partial charge on any atom is -0.465 e. The Morgan fingerprint density at radius 1 is 1.21 bits per heavy atom. The number of hydrogen-bond acceptors (Lipinski definition) is 6. The van der Waals surface area contributed by atoms with Gasteiger partial charge in [-0.05, 0) is 36.3 Å². The van der Waals surface area contributed by atoms with Crippen molar-refractivity contribution in [3.63, 3.8) is 0 Å². The first-order valence-electron chi connectivity index (χ1n) is 8.67. The van der Waals surface area contributed by atoms with Gasteiger partial charge in [-0.25, -0.2) is 13.4 Å². The number of pyridine rings is 1. The number of sulfonamides is 1. The lowest BCUT2D eigenvalue weighted by Gasteiger charge is -2.26. The molecule has 0 radical (unpaired) electrons. The highest BCUT2D eigenvalue weighted by molar-refractivity contribution is 7.89. The van der Waals surface area contributed by atoms with Gasteiger partial charge in [0, 0.05) is 19.7 Å². The highest BCUT2D eigenvalue weighted by atomic mass is 32.2. The fraction of sp³-hybridized carbons (Fsp3) is 0.250. The van der Waals surface area contributed by atoms with Crippen molar-refractivity contribution < 1.29 is 22.7 Å². The first-order chi connectivity index (χ1) is 13.4. The molecular formula is C20H22N2O5S. The zero-order chi connectivity index (χ0) is 20.6. The highest BCUT2D eigenvalue weighted by Crippen LogP contribution is 2.20. The average molecular weight is 402 g/mol. The maximum absolute atomic E-state index is 12.9. The molecule has 0 N–H and O–H groups in total. The lowest BCUT2D eigenvalue weighted by atomic mass is 10.00. The number of esters is 1. The highest BCUT2D eigenvalue weighted by Gasteiger charge is 2.35. The number of benzene rings is 1. The fourth-order valence-electron chi connectivity index (χ4n) is 2.65. The van der Waals surface area contributed by atoms with E-state index < -0.39 is 22.0 Å². The molecule has 0 saturated heterocycles.